The second-order valence-electron chi connectivity index (χ2n) is 6.64. The maximum absolute atomic E-state index is 13.0. The second-order valence-corrected chi connectivity index (χ2v) is 6.64. The Morgan fingerprint density at radius 1 is 0.929 bits per heavy atom. The first-order valence-corrected chi connectivity index (χ1v) is 9.31. The van der Waals surface area contributed by atoms with Crippen molar-refractivity contribution in [2.24, 2.45) is 0 Å². The zero-order valence-electron chi connectivity index (χ0n) is 15.9. The highest BCUT2D eigenvalue weighted by Crippen LogP contribution is 2.12. The van der Waals surface area contributed by atoms with E-state index in [1.807, 2.05) is 60.7 Å². The van der Waals surface area contributed by atoms with Crippen LogP contribution in [-0.2, 0) is 29.1 Å². The Morgan fingerprint density at radius 2 is 1.57 bits per heavy atom. The van der Waals surface area contributed by atoms with Gasteiger partial charge in [0.25, 0.3) is 0 Å². The molecule has 1 unspecified atom stereocenters. The minimum Gasteiger partial charge on any atom is -0.467 e. The minimum atomic E-state index is -0.605. The average molecular weight is 376 g/mol. The van der Waals surface area contributed by atoms with Crippen LogP contribution in [0.25, 0.3) is 0 Å². The van der Waals surface area contributed by atoms with Crippen LogP contribution in [0.1, 0.15) is 23.8 Å². The number of carbonyl (C=O) groups is 2. The highest BCUT2D eigenvalue weighted by Gasteiger charge is 2.26. The predicted molar refractivity (Wildman–Crippen MR) is 107 cm³/mol. The smallest absolute Gasteiger partial charge is 0.242 e. The van der Waals surface area contributed by atoms with Crippen molar-refractivity contribution >= 4 is 11.8 Å². The third-order valence-corrected chi connectivity index (χ3v) is 4.58. The van der Waals surface area contributed by atoms with Gasteiger partial charge >= 0.3 is 0 Å². The van der Waals surface area contributed by atoms with E-state index in [0.717, 1.165) is 11.1 Å². The molecule has 0 bridgehead atoms. The maximum Gasteiger partial charge on any atom is 0.242 e. The van der Waals surface area contributed by atoms with Gasteiger partial charge in [-0.15, -0.1) is 0 Å². The van der Waals surface area contributed by atoms with Crippen molar-refractivity contribution in [3.05, 3.63) is 95.9 Å². The van der Waals surface area contributed by atoms with Crippen LogP contribution in [0.3, 0.4) is 0 Å². The highest BCUT2D eigenvalue weighted by molar-refractivity contribution is 5.88. The minimum absolute atomic E-state index is 0.0873. The molecule has 0 aliphatic heterocycles. The van der Waals surface area contributed by atoms with Crippen LogP contribution in [0.5, 0.6) is 0 Å². The summed E-state index contributed by atoms with van der Waals surface area (Å²) in [5.74, 6) is 0.371. The van der Waals surface area contributed by atoms with Crippen LogP contribution in [0.2, 0.25) is 0 Å². The Balaban J connectivity index is 1.72. The lowest BCUT2D eigenvalue weighted by atomic mass is 10.1. The van der Waals surface area contributed by atoms with E-state index >= 15 is 0 Å². The molecule has 3 rings (SSSR count). The number of rotatable bonds is 8. The van der Waals surface area contributed by atoms with Gasteiger partial charge in [0.05, 0.1) is 19.2 Å². The summed E-state index contributed by atoms with van der Waals surface area (Å²) >= 11 is 0. The van der Waals surface area contributed by atoms with Gasteiger partial charge in [-0.3, -0.25) is 9.59 Å². The van der Waals surface area contributed by atoms with Crippen LogP contribution in [0, 0.1) is 0 Å². The summed E-state index contributed by atoms with van der Waals surface area (Å²) < 4.78 is 5.25. The van der Waals surface area contributed by atoms with Crippen LogP contribution in [-0.4, -0.2) is 22.8 Å². The molecule has 0 spiro atoms. The molecule has 1 aromatic heterocycles. The Kier molecular flexibility index (Phi) is 6.63. The average Bonchev–Trinajstić information content (AvgIpc) is 3.25. The SMILES string of the molecule is CC(C(=O)NCc1ccco1)N(Cc1ccccc1)C(=O)Cc1ccccc1. The maximum atomic E-state index is 13.0. The van der Waals surface area contributed by atoms with Gasteiger partial charge in [-0.1, -0.05) is 60.7 Å². The molecule has 2 aromatic carbocycles. The first kappa shape index (κ1) is 19.4. The molecule has 0 saturated heterocycles. The number of hydrogen-bond acceptors (Lipinski definition) is 3. The molecule has 0 fully saturated rings. The highest BCUT2D eigenvalue weighted by atomic mass is 16.3. The molecule has 1 N–H and O–H groups in total. The molecule has 5 nitrogen and oxygen atoms in total. The van der Waals surface area contributed by atoms with E-state index in [0.29, 0.717) is 18.8 Å². The normalized spacial score (nSPS) is 11.6. The van der Waals surface area contributed by atoms with Gasteiger partial charge in [0.1, 0.15) is 11.8 Å². The number of carbonyl (C=O) groups excluding carboxylic acids is 2. The lowest BCUT2D eigenvalue weighted by molar-refractivity contribution is -0.140. The Bertz CT molecular complexity index is 877. The predicted octanol–water partition coefficient (Wildman–Crippen LogP) is 3.56. The lowest BCUT2D eigenvalue weighted by Crippen LogP contribution is -2.47. The first-order valence-electron chi connectivity index (χ1n) is 9.31. The van der Waals surface area contributed by atoms with E-state index in [1.54, 1.807) is 30.2 Å². The van der Waals surface area contributed by atoms with Crippen molar-refractivity contribution in [2.75, 3.05) is 0 Å². The van der Waals surface area contributed by atoms with Crippen molar-refractivity contribution in [3.63, 3.8) is 0 Å². The standard InChI is InChI=1S/C23H24N2O3/c1-18(23(27)24-16-21-13-8-14-28-21)25(17-20-11-6-3-7-12-20)22(26)15-19-9-4-2-5-10-19/h2-14,18H,15-17H2,1H3,(H,24,27). The Hall–Kier alpha value is -3.34. The second kappa shape index (κ2) is 9.55. The zero-order valence-corrected chi connectivity index (χ0v) is 15.9. The molecule has 5 heteroatoms. The first-order chi connectivity index (χ1) is 13.6. The summed E-state index contributed by atoms with van der Waals surface area (Å²) in [7, 11) is 0. The van der Waals surface area contributed by atoms with Gasteiger partial charge in [-0.2, -0.15) is 0 Å². The van der Waals surface area contributed by atoms with Gasteiger partial charge in [-0.05, 0) is 30.2 Å². The van der Waals surface area contributed by atoms with Crippen LogP contribution < -0.4 is 5.32 Å². The van der Waals surface area contributed by atoms with Gasteiger partial charge in [0.15, 0.2) is 0 Å². The molecule has 0 aliphatic carbocycles. The Labute approximate surface area is 165 Å². The summed E-state index contributed by atoms with van der Waals surface area (Å²) in [4.78, 5) is 27.3. The number of furan rings is 1. The van der Waals surface area contributed by atoms with E-state index in [-0.39, 0.29) is 18.2 Å². The summed E-state index contributed by atoms with van der Waals surface area (Å²) in [6, 6.07) is 22.2. The van der Waals surface area contributed by atoms with Gasteiger partial charge in [-0.25, -0.2) is 0 Å². The van der Waals surface area contributed by atoms with E-state index in [1.165, 1.54) is 0 Å². The van der Waals surface area contributed by atoms with Crippen LogP contribution >= 0.6 is 0 Å². The van der Waals surface area contributed by atoms with Crippen molar-refractivity contribution < 1.29 is 14.0 Å². The van der Waals surface area contributed by atoms with E-state index in [9.17, 15) is 9.59 Å². The summed E-state index contributed by atoms with van der Waals surface area (Å²) in [5.41, 5.74) is 1.91. The van der Waals surface area contributed by atoms with Gasteiger partial charge in [0, 0.05) is 6.54 Å². The quantitative estimate of drug-likeness (QED) is 0.654. The molecule has 0 radical (unpaired) electrons. The van der Waals surface area contributed by atoms with Crippen molar-refractivity contribution in [1.29, 1.82) is 0 Å². The molecule has 0 aliphatic rings. The third kappa shape index (κ3) is 5.33. The molecule has 2 amide bonds. The number of hydrogen-bond donors (Lipinski definition) is 1. The topological polar surface area (TPSA) is 62.6 Å². The van der Waals surface area contributed by atoms with Gasteiger partial charge in [0.2, 0.25) is 11.8 Å². The van der Waals surface area contributed by atoms with E-state index < -0.39 is 6.04 Å². The number of benzene rings is 2. The van der Waals surface area contributed by atoms with Crippen LogP contribution in [0.15, 0.2) is 83.5 Å². The zero-order chi connectivity index (χ0) is 19.8. The largest absolute Gasteiger partial charge is 0.467 e. The molecule has 0 saturated carbocycles. The Morgan fingerprint density at radius 3 is 2.18 bits per heavy atom. The number of nitrogens with one attached hydrogen (secondary N) is 1. The molecule has 1 heterocycles. The van der Waals surface area contributed by atoms with E-state index in [4.69, 9.17) is 4.42 Å². The fraction of sp³-hybridized carbons (Fsp3) is 0.217. The van der Waals surface area contributed by atoms with Crippen molar-refractivity contribution in [1.82, 2.24) is 10.2 Å². The fourth-order valence-electron chi connectivity index (χ4n) is 2.97. The molecule has 144 valence electrons. The van der Waals surface area contributed by atoms with Crippen LogP contribution in [0.4, 0.5) is 0 Å². The van der Waals surface area contributed by atoms with E-state index in [2.05, 4.69) is 5.32 Å². The molecule has 28 heavy (non-hydrogen) atoms. The molecular weight excluding hydrogens is 352 g/mol. The molecular formula is C23H24N2O3. The molecule has 3 aromatic rings. The summed E-state index contributed by atoms with van der Waals surface area (Å²) in [5, 5.41) is 2.84. The molecule has 1 atom stereocenters. The monoisotopic (exact) mass is 376 g/mol. The van der Waals surface area contributed by atoms with Gasteiger partial charge < -0.3 is 14.6 Å². The fourth-order valence-corrected chi connectivity index (χ4v) is 2.97. The van der Waals surface area contributed by atoms with Crippen molar-refractivity contribution in [2.45, 2.75) is 32.5 Å². The lowest BCUT2D eigenvalue weighted by Gasteiger charge is -2.29. The summed E-state index contributed by atoms with van der Waals surface area (Å²) in [6.45, 7) is 2.42. The van der Waals surface area contributed by atoms with Crippen molar-refractivity contribution in [3.8, 4) is 0 Å². The number of amides is 2. The third-order valence-electron chi connectivity index (χ3n) is 4.58. The summed E-state index contributed by atoms with van der Waals surface area (Å²) in [6.07, 6.45) is 1.82. The number of nitrogens with zero attached hydrogens (tertiary/aromatic N) is 1.